The second kappa shape index (κ2) is 3.96. The van der Waals surface area contributed by atoms with E-state index >= 15 is 0 Å². The number of anilines is 1. The number of rotatable bonds is 2. The van der Waals surface area contributed by atoms with Crippen LogP contribution >= 0.6 is 0 Å². The van der Waals surface area contributed by atoms with Crippen LogP contribution in [0.3, 0.4) is 0 Å². The van der Waals surface area contributed by atoms with E-state index in [1.807, 2.05) is 35.2 Å². The molecule has 2 rings (SSSR count). The lowest BCUT2D eigenvalue weighted by Crippen LogP contribution is -2.27. The fraction of sp³-hybridized carbons (Fsp3) is 0.0909. The molecule has 1 amide bonds. The van der Waals surface area contributed by atoms with Crippen molar-refractivity contribution in [1.29, 1.82) is 0 Å². The number of hydrogen-bond donors (Lipinski definition) is 1. The van der Waals surface area contributed by atoms with Crippen LogP contribution in [0.5, 0.6) is 0 Å². The Hall–Kier alpha value is -2.10. The van der Waals surface area contributed by atoms with Crippen molar-refractivity contribution in [2.75, 3.05) is 11.4 Å². The highest BCUT2D eigenvalue weighted by Gasteiger charge is 2.10. The van der Waals surface area contributed by atoms with Crippen LogP contribution in [-0.2, 0) is 4.79 Å². The van der Waals surface area contributed by atoms with Crippen LogP contribution in [0.15, 0.2) is 47.1 Å². The number of benzene rings is 1. The molecule has 0 aliphatic carbocycles. The van der Waals surface area contributed by atoms with E-state index in [1.165, 1.54) is 0 Å². The Balaban J connectivity index is 2.14. The van der Waals surface area contributed by atoms with E-state index in [0.717, 1.165) is 5.69 Å². The van der Waals surface area contributed by atoms with E-state index in [4.69, 9.17) is 5.73 Å². The number of amides is 1. The molecule has 4 nitrogen and oxygen atoms in total. The molecule has 0 spiro atoms. The summed E-state index contributed by atoms with van der Waals surface area (Å²) in [5, 5.41) is 0. The van der Waals surface area contributed by atoms with Gasteiger partial charge in [0, 0.05) is 12.2 Å². The zero-order valence-electron chi connectivity index (χ0n) is 8.13. The van der Waals surface area contributed by atoms with Gasteiger partial charge >= 0.3 is 0 Å². The molecular weight excluding hydrogens is 190 g/mol. The van der Waals surface area contributed by atoms with Crippen LogP contribution in [0.4, 0.5) is 5.69 Å². The molecule has 0 radical (unpaired) electrons. The van der Waals surface area contributed by atoms with E-state index in [9.17, 15) is 4.79 Å². The summed E-state index contributed by atoms with van der Waals surface area (Å²) in [5.74, 6) is -0.487. The summed E-state index contributed by atoms with van der Waals surface area (Å²) in [6.07, 6.45) is 3.34. The molecule has 1 aliphatic rings. The summed E-state index contributed by atoms with van der Waals surface area (Å²) in [7, 11) is 0. The summed E-state index contributed by atoms with van der Waals surface area (Å²) in [6.45, 7) is 0.617. The van der Waals surface area contributed by atoms with Gasteiger partial charge in [-0.2, -0.15) is 0 Å². The Kier molecular flexibility index (Phi) is 2.49. The predicted molar refractivity (Wildman–Crippen MR) is 59.6 cm³/mol. The van der Waals surface area contributed by atoms with Gasteiger partial charge in [0.2, 0.25) is 0 Å². The average Bonchev–Trinajstić information content (AvgIpc) is 2.30. The summed E-state index contributed by atoms with van der Waals surface area (Å²) in [5.41, 5.74) is 6.48. The highest BCUT2D eigenvalue weighted by atomic mass is 16.1. The van der Waals surface area contributed by atoms with Gasteiger partial charge in [-0.15, -0.1) is 0 Å². The highest BCUT2D eigenvalue weighted by Crippen LogP contribution is 2.14. The SMILES string of the molecule is NC(=O)C1=CCN(c2ccccc2)C=N1. The number of hydrogen-bond acceptors (Lipinski definition) is 3. The minimum Gasteiger partial charge on any atom is -0.364 e. The average molecular weight is 201 g/mol. The molecule has 15 heavy (non-hydrogen) atoms. The van der Waals surface area contributed by atoms with Gasteiger partial charge in [-0.1, -0.05) is 18.2 Å². The largest absolute Gasteiger partial charge is 0.364 e. The lowest BCUT2D eigenvalue weighted by Gasteiger charge is -2.20. The van der Waals surface area contributed by atoms with Crippen molar-refractivity contribution < 1.29 is 4.79 Å². The van der Waals surface area contributed by atoms with Crippen molar-refractivity contribution in [3.05, 3.63) is 42.1 Å². The maximum absolute atomic E-state index is 10.8. The second-order valence-corrected chi connectivity index (χ2v) is 3.19. The van der Waals surface area contributed by atoms with Crippen molar-refractivity contribution >= 4 is 17.9 Å². The maximum atomic E-state index is 10.8. The minimum absolute atomic E-state index is 0.321. The van der Waals surface area contributed by atoms with Crippen molar-refractivity contribution in [2.45, 2.75) is 0 Å². The highest BCUT2D eigenvalue weighted by molar-refractivity contribution is 5.96. The van der Waals surface area contributed by atoms with Gasteiger partial charge in [0.25, 0.3) is 5.91 Å². The summed E-state index contributed by atoms with van der Waals surface area (Å²) < 4.78 is 0. The van der Waals surface area contributed by atoms with Gasteiger partial charge in [0.05, 0.1) is 6.34 Å². The van der Waals surface area contributed by atoms with Gasteiger partial charge in [-0.3, -0.25) is 4.79 Å². The van der Waals surface area contributed by atoms with Crippen molar-refractivity contribution in [3.8, 4) is 0 Å². The number of carbonyl (C=O) groups is 1. The normalized spacial score (nSPS) is 14.9. The standard InChI is InChI=1S/C11H11N3O/c12-11(15)10-6-7-14(8-13-10)9-4-2-1-3-5-9/h1-6,8H,7H2,(H2,12,15). The first-order valence-electron chi connectivity index (χ1n) is 4.63. The lowest BCUT2D eigenvalue weighted by atomic mass is 10.2. The molecule has 0 atom stereocenters. The Morgan fingerprint density at radius 1 is 1.33 bits per heavy atom. The number of nitrogens with zero attached hydrogens (tertiary/aromatic N) is 2. The first-order valence-corrected chi connectivity index (χ1v) is 4.63. The van der Waals surface area contributed by atoms with Gasteiger partial charge in [-0.05, 0) is 18.2 Å². The number of nitrogens with two attached hydrogens (primary N) is 1. The zero-order valence-corrected chi connectivity index (χ0v) is 8.13. The third-order valence-corrected chi connectivity index (χ3v) is 2.16. The molecule has 1 aromatic carbocycles. The van der Waals surface area contributed by atoms with E-state index in [-0.39, 0.29) is 0 Å². The van der Waals surface area contributed by atoms with E-state index in [0.29, 0.717) is 12.2 Å². The second-order valence-electron chi connectivity index (χ2n) is 3.19. The van der Waals surface area contributed by atoms with Crippen LogP contribution in [0.2, 0.25) is 0 Å². The zero-order chi connectivity index (χ0) is 10.7. The molecule has 76 valence electrons. The van der Waals surface area contributed by atoms with Gasteiger partial charge in [-0.25, -0.2) is 4.99 Å². The Labute approximate surface area is 87.7 Å². The van der Waals surface area contributed by atoms with Gasteiger partial charge < -0.3 is 10.6 Å². The molecule has 1 heterocycles. The third kappa shape index (κ3) is 2.04. The molecule has 0 unspecified atom stereocenters. The molecule has 2 N–H and O–H groups in total. The quantitative estimate of drug-likeness (QED) is 0.773. The molecule has 1 aliphatic heterocycles. The van der Waals surface area contributed by atoms with Crippen molar-refractivity contribution in [1.82, 2.24) is 0 Å². The topological polar surface area (TPSA) is 58.7 Å². The van der Waals surface area contributed by atoms with Crippen LogP contribution in [0.1, 0.15) is 0 Å². The van der Waals surface area contributed by atoms with E-state index in [1.54, 1.807) is 12.4 Å². The van der Waals surface area contributed by atoms with Crippen LogP contribution in [0, 0.1) is 0 Å². The molecule has 4 heteroatoms. The Morgan fingerprint density at radius 2 is 2.07 bits per heavy atom. The van der Waals surface area contributed by atoms with Crippen molar-refractivity contribution in [2.24, 2.45) is 10.7 Å². The Morgan fingerprint density at radius 3 is 2.60 bits per heavy atom. The predicted octanol–water partition coefficient (Wildman–Crippen LogP) is 0.904. The minimum atomic E-state index is -0.487. The summed E-state index contributed by atoms with van der Waals surface area (Å²) in [4.78, 5) is 16.7. The van der Waals surface area contributed by atoms with E-state index < -0.39 is 5.91 Å². The number of primary amides is 1. The monoisotopic (exact) mass is 201 g/mol. The number of carbonyl (C=O) groups excluding carboxylic acids is 1. The summed E-state index contributed by atoms with van der Waals surface area (Å²) >= 11 is 0. The summed E-state index contributed by atoms with van der Waals surface area (Å²) in [6, 6.07) is 9.83. The first-order chi connectivity index (χ1) is 7.27. The van der Waals surface area contributed by atoms with Gasteiger partial charge in [0.1, 0.15) is 5.70 Å². The lowest BCUT2D eigenvalue weighted by molar-refractivity contribution is -0.114. The third-order valence-electron chi connectivity index (χ3n) is 2.16. The molecule has 0 aromatic heterocycles. The molecule has 0 bridgehead atoms. The van der Waals surface area contributed by atoms with E-state index in [2.05, 4.69) is 4.99 Å². The smallest absolute Gasteiger partial charge is 0.267 e. The first kappa shape index (κ1) is 9.45. The van der Waals surface area contributed by atoms with Crippen LogP contribution < -0.4 is 10.6 Å². The Bertz CT molecular complexity index is 423. The van der Waals surface area contributed by atoms with Gasteiger partial charge in [0.15, 0.2) is 0 Å². The number of para-hydroxylation sites is 1. The molecule has 0 fully saturated rings. The number of aliphatic imine (C=N–C) groups is 1. The van der Waals surface area contributed by atoms with Crippen molar-refractivity contribution in [3.63, 3.8) is 0 Å². The molecule has 0 saturated heterocycles. The van der Waals surface area contributed by atoms with Crippen LogP contribution in [-0.4, -0.2) is 18.8 Å². The molecule has 1 aromatic rings. The maximum Gasteiger partial charge on any atom is 0.267 e. The van der Waals surface area contributed by atoms with Crippen LogP contribution in [0.25, 0.3) is 0 Å². The molecular formula is C11H11N3O. The fourth-order valence-corrected chi connectivity index (χ4v) is 1.37. The fourth-order valence-electron chi connectivity index (χ4n) is 1.37. The molecule has 0 saturated carbocycles.